The van der Waals surface area contributed by atoms with Gasteiger partial charge >= 0.3 is 0 Å². The molecule has 0 aliphatic carbocycles. The molecule has 0 aliphatic heterocycles. The van der Waals surface area contributed by atoms with Gasteiger partial charge in [0.15, 0.2) is 0 Å². The number of methoxy groups -OCH3 is 1. The number of hydrogen-bond acceptors (Lipinski definition) is 4. The number of aromatic nitrogens is 1. The number of pyridine rings is 1. The monoisotopic (exact) mass is 228 g/mol. The summed E-state index contributed by atoms with van der Waals surface area (Å²) < 4.78 is 5.03. The molecule has 2 N–H and O–H groups in total. The van der Waals surface area contributed by atoms with Crippen molar-refractivity contribution >= 4 is 11.5 Å². The van der Waals surface area contributed by atoms with Crippen LogP contribution in [0.5, 0.6) is 5.75 Å². The predicted molar refractivity (Wildman–Crippen MR) is 65.1 cm³/mol. The molecule has 0 aliphatic rings. The number of nitrogens with two attached hydrogens (primary N) is 1. The Kier molecular flexibility index (Phi) is 3.05. The van der Waals surface area contributed by atoms with E-state index < -0.39 is 0 Å². The fourth-order valence-corrected chi connectivity index (χ4v) is 1.51. The number of carbonyl (C=O) groups is 1. The van der Waals surface area contributed by atoms with Crippen molar-refractivity contribution in [2.45, 2.75) is 0 Å². The van der Waals surface area contributed by atoms with Crippen LogP contribution in [0.25, 0.3) is 0 Å². The second kappa shape index (κ2) is 4.65. The molecule has 0 atom stereocenters. The molecule has 1 heterocycles. The van der Waals surface area contributed by atoms with Crippen LogP contribution in [0.4, 0.5) is 5.69 Å². The van der Waals surface area contributed by atoms with Crippen molar-refractivity contribution in [3.05, 3.63) is 53.9 Å². The highest BCUT2D eigenvalue weighted by atomic mass is 16.5. The quantitative estimate of drug-likeness (QED) is 0.643. The van der Waals surface area contributed by atoms with Crippen molar-refractivity contribution in [3.63, 3.8) is 0 Å². The summed E-state index contributed by atoms with van der Waals surface area (Å²) in [4.78, 5) is 16.1. The molecule has 0 amide bonds. The van der Waals surface area contributed by atoms with Crippen LogP contribution in [0.1, 0.15) is 16.1 Å². The van der Waals surface area contributed by atoms with Crippen molar-refractivity contribution in [2.75, 3.05) is 12.8 Å². The summed E-state index contributed by atoms with van der Waals surface area (Å²) in [5, 5.41) is 0. The molecule has 0 bridgehead atoms. The first kappa shape index (κ1) is 11.1. The standard InChI is InChI=1S/C13H12N2O2/c1-17-9-5-6-10(11(14)8-9)13(16)12-4-2-3-7-15-12/h2-8H,14H2,1H3. The lowest BCUT2D eigenvalue weighted by Gasteiger charge is -2.06. The number of ketones is 1. The lowest BCUT2D eigenvalue weighted by molar-refractivity contribution is 0.103. The van der Waals surface area contributed by atoms with Gasteiger partial charge in [0.05, 0.1) is 7.11 Å². The summed E-state index contributed by atoms with van der Waals surface area (Å²) in [6, 6.07) is 10.1. The molecule has 0 unspecified atom stereocenters. The van der Waals surface area contributed by atoms with Gasteiger partial charge in [-0.2, -0.15) is 0 Å². The van der Waals surface area contributed by atoms with E-state index in [-0.39, 0.29) is 5.78 Å². The third-order valence-corrected chi connectivity index (χ3v) is 2.40. The first-order chi connectivity index (χ1) is 8.22. The minimum absolute atomic E-state index is 0.189. The minimum Gasteiger partial charge on any atom is -0.497 e. The molecular weight excluding hydrogens is 216 g/mol. The van der Waals surface area contributed by atoms with Crippen molar-refractivity contribution in [1.82, 2.24) is 4.98 Å². The van der Waals surface area contributed by atoms with Gasteiger partial charge in [-0.3, -0.25) is 9.78 Å². The van der Waals surface area contributed by atoms with Gasteiger partial charge in [0, 0.05) is 23.5 Å². The largest absolute Gasteiger partial charge is 0.497 e. The van der Waals surface area contributed by atoms with E-state index in [2.05, 4.69) is 4.98 Å². The lowest BCUT2D eigenvalue weighted by Crippen LogP contribution is -2.07. The number of nitrogens with zero attached hydrogens (tertiary/aromatic N) is 1. The summed E-state index contributed by atoms with van der Waals surface area (Å²) in [6.45, 7) is 0. The fourth-order valence-electron chi connectivity index (χ4n) is 1.51. The Balaban J connectivity index is 2.38. The van der Waals surface area contributed by atoms with E-state index >= 15 is 0 Å². The maximum Gasteiger partial charge on any atom is 0.213 e. The molecule has 0 saturated carbocycles. The van der Waals surface area contributed by atoms with Gasteiger partial charge in [-0.15, -0.1) is 0 Å². The van der Waals surface area contributed by atoms with Gasteiger partial charge in [-0.25, -0.2) is 0 Å². The summed E-state index contributed by atoms with van der Waals surface area (Å²) >= 11 is 0. The van der Waals surface area contributed by atoms with Crippen LogP contribution in [-0.4, -0.2) is 17.9 Å². The summed E-state index contributed by atoms with van der Waals surface area (Å²) in [7, 11) is 1.55. The van der Waals surface area contributed by atoms with Crippen molar-refractivity contribution in [1.29, 1.82) is 0 Å². The summed E-state index contributed by atoms with van der Waals surface area (Å²) in [6.07, 6.45) is 1.58. The number of rotatable bonds is 3. The van der Waals surface area contributed by atoms with Gasteiger partial charge in [0.2, 0.25) is 5.78 Å². The van der Waals surface area contributed by atoms with Gasteiger partial charge < -0.3 is 10.5 Å². The van der Waals surface area contributed by atoms with E-state index in [0.29, 0.717) is 22.7 Å². The van der Waals surface area contributed by atoms with E-state index in [0.717, 1.165) is 0 Å². The number of nitrogen functional groups attached to an aromatic ring is 1. The van der Waals surface area contributed by atoms with Crippen molar-refractivity contribution < 1.29 is 9.53 Å². The normalized spacial score (nSPS) is 9.94. The Hall–Kier alpha value is -2.36. The highest BCUT2D eigenvalue weighted by Crippen LogP contribution is 2.21. The summed E-state index contributed by atoms with van der Waals surface area (Å²) in [5.41, 5.74) is 7.01. The van der Waals surface area contributed by atoms with Crippen LogP contribution < -0.4 is 10.5 Å². The Morgan fingerprint density at radius 3 is 2.71 bits per heavy atom. The number of benzene rings is 1. The third kappa shape index (κ3) is 2.25. The van der Waals surface area contributed by atoms with Gasteiger partial charge in [0.25, 0.3) is 0 Å². The SMILES string of the molecule is COc1ccc(C(=O)c2ccccn2)c(N)c1. The zero-order valence-corrected chi connectivity index (χ0v) is 9.38. The molecule has 0 spiro atoms. The Morgan fingerprint density at radius 1 is 1.29 bits per heavy atom. The molecule has 0 radical (unpaired) electrons. The predicted octanol–water partition coefficient (Wildman–Crippen LogP) is 1.90. The first-order valence-electron chi connectivity index (χ1n) is 5.11. The van der Waals surface area contributed by atoms with Gasteiger partial charge in [0.1, 0.15) is 11.4 Å². The maximum atomic E-state index is 12.1. The third-order valence-electron chi connectivity index (χ3n) is 2.40. The number of ether oxygens (including phenoxy) is 1. The van der Waals surface area contributed by atoms with Gasteiger partial charge in [-0.1, -0.05) is 6.07 Å². The Labute approximate surface area is 99.1 Å². The first-order valence-corrected chi connectivity index (χ1v) is 5.11. The van der Waals surface area contributed by atoms with Crippen molar-refractivity contribution in [3.8, 4) is 5.75 Å². The van der Waals surface area contributed by atoms with Crippen molar-refractivity contribution in [2.24, 2.45) is 0 Å². The smallest absolute Gasteiger partial charge is 0.213 e. The van der Waals surface area contributed by atoms with Crippen LogP contribution >= 0.6 is 0 Å². The van der Waals surface area contributed by atoms with Crippen LogP contribution in [0.3, 0.4) is 0 Å². The fraction of sp³-hybridized carbons (Fsp3) is 0.0769. The lowest BCUT2D eigenvalue weighted by atomic mass is 10.1. The van der Waals surface area contributed by atoms with E-state index in [1.54, 1.807) is 49.7 Å². The number of carbonyl (C=O) groups excluding carboxylic acids is 1. The second-order valence-corrected chi connectivity index (χ2v) is 3.50. The highest BCUT2D eigenvalue weighted by molar-refractivity contribution is 6.11. The molecule has 86 valence electrons. The van der Waals surface area contributed by atoms with Crippen LogP contribution in [-0.2, 0) is 0 Å². The zero-order valence-electron chi connectivity index (χ0n) is 9.38. The number of anilines is 1. The van der Waals surface area contributed by atoms with Crippen LogP contribution in [0.15, 0.2) is 42.6 Å². The average Bonchev–Trinajstić information content (AvgIpc) is 2.39. The molecule has 4 heteroatoms. The van der Waals surface area contributed by atoms with E-state index in [4.69, 9.17) is 10.5 Å². The molecule has 1 aromatic carbocycles. The molecule has 2 aromatic rings. The van der Waals surface area contributed by atoms with E-state index in [1.807, 2.05) is 0 Å². The van der Waals surface area contributed by atoms with E-state index in [1.165, 1.54) is 0 Å². The van der Waals surface area contributed by atoms with Gasteiger partial charge in [-0.05, 0) is 24.3 Å². The molecule has 2 rings (SSSR count). The summed E-state index contributed by atoms with van der Waals surface area (Å²) in [5.74, 6) is 0.436. The highest BCUT2D eigenvalue weighted by Gasteiger charge is 2.13. The minimum atomic E-state index is -0.189. The average molecular weight is 228 g/mol. The van der Waals surface area contributed by atoms with Crippen LogP contribution in [0, 0.1) is 0 Å². The zero-order chi connectivity index (χ0) is 12.3. The molecule has 1 aromatic heterocycles. The Morgan fingerprint density at radius 2 is 2.12 bits per heavy atom. The van der Waals surface area contributed by atoms with E-state index in [9.17, 15) is 4.79 Å². The molecule has 4 nitrogen and oxygen atoms in total. The maximum absolute atomic E-state index is 12.1. The molecule has 0 saturated heterocycles. The topological polar surface area (TPSA) is 65.2 Å². The molecule has 0 fully saturated rings. The second-order valence-electron chi connectivity index (χ2n) is 3.50. The Bertz CT molecular complexity index is 538. The van der Waals surface area contributed by atoms with Crippen LogP contribution in [0.2, 0.25) is 0 Å². The number of hydrogen-bond donors (Lipinski definition) is 1. The molecular formula is C13H12N2O2. The molecule has 17 heavy (non-hydrogen) atoms.